The molecule has 1 amide bonds. The van der Waals surface area contributed by atoms with Crippen molar-refractivity contribution in [2.24, 2.45) is 23.3 Å². The van der Waals surface area contributed by atoms with Crippen LogP contribution in [0.3, 0.4) is 0 Å². The van der Waals surface area contributed by atoms with Crippen LogP contribution in [0.5, 0.6) is 0 Å². The molecule has 4 nitrogen and oxygen atoms in total. The number of carbonyl (C=O) groups is 1. The van der Waals surface area contributed by atoms with Gasteiger partial charge in [0.25, 0.3) is 0 Å². The molecule has 0 bridgehead atoms. The quantitative estimate of drug-likeness (QED) is 0.671. The van der Waals surface area contributed by atoms with E-state index in [1.165, 1.54) is 0 Å². The van der Waals surface area contributed by atoms with E-state index in [0.717, 1.165) is 25.7 Å². The largest absolute Gasteiger partial charge is 0.350 e. The van der Waals surface area contributed by atoms with E-state index in [2.05, 4.69) is 19.2 Å². The molecule has 0 radical (unpaired) electrons. The number of nitrogens with one attached hydrogen (secondary N) is 1. The lowest BCUT2D eigenvalue weighted by molar-refractivity contribution is -0.123. The molecule has 1 unspecified atom stereocenters. The van der Waals surface area contributed by atoms with Crippen molar-refractivity contribution in [3.8, 4) is 0 Å². The van der Waals surface area contributed by atoms with Crippen LogP contribution in [-0.4, -0.2) is 24.0 Å². The van der Waals surface area contributed by atoms with Crippen molar-refractivity contribution in [2.45, 2.75) is 64.5 Å². The van der Waals surface area contributed by atoms with E-state index in [9.17, 15) is 4.79 Å². The molecule has 0 saturated heterocycles. The summed E-state index contributed by atoms with van der Waals surface area (Å²) < 4.78 is 0. The standard InChI is InChI=1S/C14H29N3O/c1-10(2)8-14(3,9-15)17-13(18)7-11-5-4-6-12(11)16/h10-12H,4-9,15-16H2,1-3H3,(H,17,18)/t11-,12+,14?/m0/s1. The van der Waals surface area contributed by atoms with Gasteiger partial charge in [-0.25, -0.2) is 0 Å². The zero-order valence-electron chi connectivity index (χ0n) is 12.0. The summed E-state index contributed by atoms with van der Waals surface area (Å²) in [6, 6.07) is 0.199. The molecule has 0 aromatic heterocycles. The molecule has 3 atom stereocenters. The van der Waals surface area contributed by atoms with Gasteiger partial charge in [-0.1, -0.05) is 20.3 Å². The van der Waals surface area contributed by atoms with Gasteiger partial charge in [0, 0.05) is 24.5 Å². The lowest BCUT2D eigenvalue weighted by Gasteiger charge is -2.32. The van der Waals surface area contributed by atoms with E-state index in [4.69, 9.17) is 11.5 Å². The predicted molar refractivity (Wildman–Crippen MR) is 75.0 cm³/mol. The Morgan fingerprint density at radius 1 is 1.44 bits per heavy atom. The molecule has 5 N–H and O–H groups in total. The molecule has 1 saturated carbocycles. The summed E-state index contributed by atoms with van der Waals surface area (Å²) in [6.45, 7) is 6.80. The smallest absolute Gasteiger partial charge is 0.220 e. The van der Waals surface area contributed by atoms with E-state index in [0.29, 0.717) is 24.8 Å². The second kappa shape index (κ2) is 6.53. The van der Waals surface area contributed by atoms with E-state index in [-0.39, 0.29) is 17.5 Å². The van der Waals surface area contributed by atoms with Gasteiger partial charge in [-0.2, -0.15) is 0 Å². The highest BCUT2D eigenvalue weighted by Crippen LogP contribution is 2.27. The van der Waals surface area contributed by atoms with Crippen LogP contribution in [0.4, 0.5) is 0 Å². The molecule has 0 aromatic carbocycles. The molecular formula is C14H29N3O. The maximum absolute atomic E-state index is 12.1. The van der Waals surface area contributed by atoms with Crippen LogP contribution in [-0.2, 0) is 4.79 Å². The molecule has 18 heavy (non-hydrogen) atoms. The summed E-state index contributed by atoms with van der Waals surface area (Å²) in [5, 5.41) is 3.10. The van der Waals surface area contributed by atoms with Crippen molar-refractivity contribution in [1.29, 1.82) is 0 Å². The van der Waals surface area contributed by atoms with Gasteiger partial charge in [-0.15, -0.1) is 0 Å². The Hall–Kier alpha value is -0.610. The zero-order valence-corrected chi connectivity index (χ0v) is 12.0. The van der Waals surface area contributed by atoms with Crippen LogP contribution in [0.1, 0.15) is 52.9 Å². The first-order valence-electron chi connectivity index (χ1n) is 7.13. The van der Waals surface area contributed by atoms with E-state index in [1.807, 2.05) is 6.92 Å². The van der Waals surface area contributed by atoms with Gasteiger partial charge < -0.3 is 16.8 Å². The van der Waals surface area contributed by atoms with E-state index >= 15 is 0 Å². The Bertz CT molecular complexity index is 280. The molecule has 0 aromatic rings. The van der Waals surface area contributed by atoms with Crippen molar-refractivity contribution in [3.05, 3.63) is 0 Å². The summed E-state index contributed by atoms with van der Waals surface area (Å²) in [5.41, 5.74) is 11.5. The summed E-state index contributed by atoms with van der Waals surface area (Å²) in [5.74, 6) is 0.976. The topological polar surface area (TPSA) is 81.1 Å². The minimum atomic E-state index is -0.284. The average Bonchev–Trinajstić information content (AvgIpc) is 2.63. The van der Waals surface area contributed by atoms with Crippen LogP contribution in [0.15, 0.2) is 0 Å². The van der Waals surface area contributed by atoms with Gasteiger partial charge in [0.05, 0.1) is 0 Å². The molecule has 1 aliphatic rings. The first-order valence-corrected chi connectivity index (χ1v) is 7.13. The Kier molecular flexibility index (Phi) is 5.60. The fourth-order valence-corrected chi connectivity index (χ4v) is 3.03. The highest BCUT2D eigenvalue weighted by molar-refractivity contribution is 5.77. The van der Waals surface area contributed by atoms with Crippen molar-refractivity contribution in [2.75, 3.05) is 6.54 Å². The first kappa shape index (κ1) is 15.4. The summed E-state index contributed by atoms with van der Waals surface area (Å²) >= 11 is 0. The predicted octanol–water partition coefficient (Wildman–Crippen LogP) is 1.38. The van der Waals surface area contributed by atoms with Gasteiger partial charge in [0.1, 0.15) is 0 Å². The molecule has 0 spiro atoms. The third-order valence-electron chi connectivity index (χ3n) is 3.92. The van der Waals surface area contributed by atoms with Crippen molar-refractivity contribution in [1.82, 2.24) is 5.32 Å². The second-order valence-corrected chi connectivity index (χ2v) is 6.47. The lowest BCUT2D eigenvalue weighted by Crippen LogP contribution is -2.52. The molecule has 0 heterocycles. The minimum absolute atomic E-state index is 0.103. The SMILES string of the molecule is CC(C)CC(C)(CN)NC(=O)C[C@@H]1CCC[C@H]1N. The van der Waals surface area contributed by atoms with Crippen LogP contribution >= 0.6 is 0 Å². The number of rotatable bonds is 6. The second-order valence-electron chi connectivity index (χ2n) is 6.47. The van der Waals surface area contributed by atoms with Crippen LogP contribution in [0, 0.1) is 11.8 Å². The monoisotopic (exact) mass is 255 g/mol. The maximum atomic E-state index is 12.1. The number of hydrogen-bond donors (Lipinski definition) is 3. The summed E-state index contributed by atoms with van der Waals surface area (Å²) in [4.78, 5) is 12.1. The molecule has 0 aliphatic heterocycles. The zero-order chi connectivity index (χ0) is 13.8. The normalized spacial score (nSPS) is 27.2. The van der Waals surface area contributed by atoms with Gasteiger partial charge in [0.15, 0.2) is 0 Å². The molecule has 1 rings (SSSR count). The minimum Gasteiger partial charge on any atom is -0.350 e. The van der Waals surface area contributed by atoms with Gasteiger partial charge in [-0.05, 0) is 38.0 Å². The van der Waals surface area contributed by atoms with Crippen molar-refractivity contribution < 1.29 is 4.79 Å². The molecule has 1 fully saturated rings. The molecule has 1 aliphatic carbocycles. The van der Waals surface area contributed by atoms with Crippen molar-refractivity contribution in [3.63, 3.8) is 0 Å². The van der Waals surface area contributed by atoms with E-state index < -0.39 is 0 Å². The highest BCUT2D eigenvalue weighted by atomic mass is 16.1. The number of carbonyl (C=O) groups excluding carboxylic acids is 1. The maximum Gasteiger partial charge on any atom is 0.220 e. The van der Waals surface area contributed by atoms with Gasteiger partial charge >= 0.3 is 0 Å². The molecule has 106 valence electrons. The number of amides is 1. The van der Waals surface area contributed by atoms with Crippen LogP contribution < -0.4 is 16.8 Å². The lowest BCUT2D eigenvalue weighted by atomic mass is 9.90. The fraction of sp³-hybridized carbons (Fsp3) is 0.929. The third-order valence-corrected chi connectivity index (χ3v) is 3.92. The van der Waals surface area contributed by atoms with Crippen LogP contribution in [0.25, 0.3) is 0 Å². The Balaban J connectivity index is 2.46. The average molecular weight is 255 g/mol. The van der Waals surface area contributed by atoms with Gasteiger partial charge in [-0.3, -0.25) is 4.79 Å². The fourth-order valence-electron chi connectivity index (χ4n) is 3.03. The van der Waals surface area contributed by atoms with Gasteiger partial charge in [0.2, 0.25) is 5.91 Å². The van der Waals surface area contributed by atoms with E-state index in [1.54, 1.807) is 0 Å². The number of nitrogens with two attached hydrogens (primary N) is 2. The molecular weight excluding hydrogens is 226 g/mol. The first-order chi connectivity index (χ1) is 8.36. The number of hydrogen-bond acceptors (Lipinski definition) is 3. The van der Waals surface area contributed by atoms with Crippen molar-refractivity contribution >= 4 is 5.91 Å². The van der Waals surface area contributed by atoms with Crippen LogP contribution in [0.2, 0.25) is 0 Å². The highest BCUT2D eigenvalue weighted by Gasteiger charge is 2.30. The summed E-state index contributed by atoms with van der Waals surface area (Å²) in [6.07, 6.45) is 4.75. The third kappa shape index (κ3) is 4.58. The Morgan fingerprint density at radius 2 is 2.11 bits per heavy atom. The summed E-state index contributed by atoms with van der Waals surface area (Å²) in [7, 11) is 0. The Morgan fingerprint density at radius 3 is 2.56 bits per heavy atom. The Labute approximate surface area is 111 Å². The molecule has 4 heteroatoms.